The number of rotatable bonds is 8. The number of anilines is 3. The highest BCUT2D eigenvalue weighted by Gasteiger charge is 2.22. The number of H-pyrrole nitrogens is 2. The Balaban J connectivity index is 1.34. The van der Waals surface area contributed by atoms with Gasteiger partial charge in [-0.3, -0.25) is 9.88 Å². The van der Waals surface area contributed by atoms with Gasteiger partial charge >= 0.3 is 11.6 Å². The number of fused-ring (bicyclic) bond motifs is 1. The van der Waals surface area contributed by atoms with Crippen molar-refractivity contribution in [3.05, 3.63) is 30.1 Å². The van der Waals surface area contributed by atoms with Crippen molar-refractivity contribution in [3.63, 3.8) is 0 Å². The molecule has 2 aliphatic rings. The van der Waals surface area contributed by atoms with E-state index in [0.29, 0.717) is 43.1 Å². The molecule has 5 rings (SSSR count). The topological polar surface area (TPSA) is 131 Å². The fourth-order valence-electron chi connectivity index (χ4n) is 4.35. The SMILES string of the molecule is COc1cc(C(O)CN2CCOCC2)ccc1Nc1nc(NC2CCOCC2)c2[nH]c[nH+]c2n1. The lowest BCUT2D eigenvalue weighted by Gasteiger charge is -2.28. The quantitative estimate of drug-likeness (QED) is 0.387. The number of hydrogen-bond acceptors (Lipinski definition) is 9. The van der Waals surface area contributed by atoms with Crippen LogP contribution in [0.15, 0.2) is 24.5 Å². The van der Waals surface area contributed by atoms with Crippen molar-refractivity contribution in [3.8, 4) is 5.75 Å². The molecule has 11 nitrogen and oxygen atoms in total. The van der Waals surface area contributed by atoms with Crippen molar-refractivity contribution < 1.29 is 24.3 Å². The Hall–Kier alpha value is -2.99. The number of imidazole rings is 1. The molecule has 0 aliphatic carbocycles. The van der Waals surface area contributed by atoms with Crippen molar-refractivity contribution in [2.75, 3.05) is 63.8 Å². The minimum absolute atomic E-state index is 0.296. The van der Waals surface area contributed by atoms with Gasteiger partial charge in [-0.15, -0.1) is 0 Å². The van der Waals surface area contributed by atoms with E-state index in [1.165, 1.54) is 0 Å². The fraction of sp³-hybridized carbons (Fsp3) is 0.522. The number of nitrogens with one attached hydrogen (secondary N) is 4. The normalized spacial score (nSPS) is 18.6. The standard InChI is InChI=1S/C23H31N7O4/c1-32-19-12-15(18(31)13-30-6-10-34-11-7-30)2-3-17(19)27-23-28-21-20(24-14-25-21)22(29-23)26-16-4-8-33-9-5-16/h2-3,12,14,16,18,31H,4-11,13H2,1H3,(H3,24,25,26,27,28,29)/p+1. The first-order valence-electron chi connectivity index (χ1n) is 11.7. The molecule has 2 fully saturated rings. The molecule has 2 saturated heterocycles. The Labute approximate surface area is 197 Å². The van der Waals surface area contributed by atoms with Crippen molar-refractivity contribution in [2.45, 2.75) is 25.0 Å². The van der Waals surface area contributed by atoms with Crippen LogP contribution in [-0.2, 0) is 9.47 Å². The van der Waals surface area contributed by atoms with Gasteiger partial charge in [0.1, 0.15) is 5.75 Å². The van der Waals surface area contributed by atoms with Crippen LogP contribution in [0.4, 0.5) is 17.5 Å². The number of hydrogen-bond donors (Lipinski definition) is 4. The first-order chi connectivity index (χ1) is 16.7. The molecule has 2 aromatic heterocycles. The van der Waals surface area contributed by atoms with Gasteiger partial charge in [0.15, 0.2) is 12.1 Å². The van der Waals surface area contributed by atoms with Gasteiger partial charge in [0.25, 0.3) is 0 Å². The van der Waals surface area contributed by atoms with E-state index in [4.69, 9.17) is 19.2 Å². The second kappa shape index (κ2) is 10.5. The van der Waals surface area contributed by atoms with Crippen LogP contribution in [0.25, 0.3) is 11.2 Å². The molecule has 1 atom stereocenters. The molecule has 1 aromatic carbocycles. The molecule has 0 spiro atoms. The number of aromatic nitrogens is 4. The second-order valence-corrected chi connectivity index (χ2v) is 8.60. The van der Waals surface area contributed by atoms with E-state index in [0.717, 1.165) is 61.7 Å². The largest absolute Gasteiger partial charge is 0.495 e. The van der Waals surface area contributed by atoms with Crippen molar-refractivity contribution >= 4 is 28.6 Å². The number of benzene rings is 1. The molecular formula is C23H32N7O4+. The molecule has 3 aromatic rings. The molecule has 5 N–H and O–H groups in total. The molecule has 0 saturated carbocycles. The number of aliphatic hydroxyl groups is 1. The molecule has 4 heterocycles. The third-order valence-corrected chi connectivity index (χ3v) is 6.29. The summed E-state index contributed by atoms with van der Waals surface area (Å²) in [6.45, 7) is 5.11. The Morgan fingerprint density at radius 2 is 2.00 bits per heavy atom. The zero-order valence-electron chi connectivity index (χ0n) is 19.3. The smallest absolute Gasteiger partial charge is 0.307 e. The van der Waals surface area contributed by atoms with E-state index < -0.39 is 6.10 Å². The third kappa shape index (κ3) is 5.22. The lowest BCUT2D eigenvalue weighted by Crippen LogP contribution is -2.38. The summed E-state index contributed by atoms with van der Waals surface area (Å²) in [7, 11) is 1.61. The maximum Gasteiger partial charge on any atom is 0.307 e. The molecule has 11 heteroatoms. The Kier molecular flexibility index (Phi) is 7.05. The summed E-state index contributed by atoms with van der Waals surface area (Å²) in [5.41, 5.74) is 3.04. The summed E-state index contributed by atoms with van der Waals surface area (Å²) >= 11 is 0. The van der Waals surface area contributed by atoms with Gasteiger partial charge in [0, 0.05) is 38.9 Å². The van der Waals surface area contributed by atoms with Gasteiger partial charge in [-0.25, -0.2) is 4.98 Å². The highest BCUT2D eigenvalue weighted by atomic mass is 16.5. The number of nitrogens with zero attached hydrogens (tertiary/aromatic N) is 3. The molecular weight excluding hydrogens is 438 g/mol. The maximum absolute atomic E-state index is 10.8. The number of methoxy groups -OCH3 is 1. The van der Waals surface area contributed by atoms with E-state index in [1.807, 2.05) is 18.2 Å². The lowest BCUT2D eigenvalue weighted by atomic mass is 10.1. The van der Waals surface area contributed by atoms with Crippen LogP contribution in [-0.4, -0.2) is 84.2 Å². The monoisotopic (exact) mass is 470 g/mol. The number of aromatic amines is 2. The summed E-state index contributed by atoms with van der Waals surface area (Å²) < 4.78 is 16.5. The lowest BCUT2D eigenvalue weighted by molar-refractivity contribution is -0.347. The van der Waals surface area contributed by atoms with Crippen LogP contribution < -0.4 is 20.4 Å². The summed E-state index contributed by atoms with van der Waals surface area (Å²) in [6.07, 6.45) is 2.99. The van der Waals surface area contributed by atoms with Crippen molar-refractivity contribution in [1.29, 1.82) is 0 Å². The minimum atomic E-state index is -0.613. The zero-order chi connectivity index (χ0) is 23.3. The highest BCUT2D eigenvalue weighted by molar-refractivity contribution is 5.82. The molecule has 182 valence electrons. The highest BCUT2D eigenvalue weighted by Crippen LogP contribution is 2.31. The number of morpholine rings is 1. The fourth-order valence-corrected chi connectivity index (χ4v) is 4.35. The first kappa shape index (κ1) is 22.8. The van der Waals surface area contributed by atoms with Gasteiger partial charge in [-0.05, 0) is 30.5 Å². The predicted octanol–water partition coefficient (Wildman–Crippen LogP) is 1.48. The van der Waals surface area contributed by atoms with E-state index in [9.17, 15) is 5.11 Å². The van der Waals surface area contributed by atoms with Gasteiger partial charge in [0.2, 0.25) is 5.52 Å². The minimum Gasteiger partial charge on any atom is -0.495 e. The van der Waals surface area contributed by atoms with E-state index in [1.54, 1.807) is 13.4 Å². The van der Waals surface area contributed by atoms with Crippen LogP contribution in [0.2, 0.25) is 0 Å². The van der Waals surface area contributed by atoms with E-state index in [-0.39, 0.29) is 0 Å². The predicted molar refractivity (Wildman–Crippen MR) is 126 cm³/mol. The third-order valence-electron chi connectivity index (χ3n) is 6.29. The van der Waals surface area contributed by atoms with Gasteiger partial charge in [-0.2, -0.15) is 4.98 Å². The number of ether oxygens (including phenoxy) is 3. The average Bonchev–Trinajstić information content (AvgIpc) is 3.34. The maximum atomic E-state index is 10.8. The molecule has 0 bridgehead atoms. The van der Waals surface area contributed by atoms with Crippen LogP contribution in [0, 0.1) is 0 Å². The first-order valence-corrected chi connectivity index (χ1v) is 11.7. The second-order valence-electron chi connectivity index (χ2n) is 8.60. The van der Waals surface area contributed by atoms with Crippen molar-refractivity contribution in [1.82, 2.24) is 19.9 Å². The summed E-state index contributed by atoms with van der Waals surface area (Å²) in [6, 6.07) is 5.94. The summed E-state index contributed by atoms with van der Waals surface area (Å²) in [4.78, 5) is 17.8. The van der Waals surface area contributed by atoms with Crippen LogP contribution in [0.5, 0.6) is 5.75 Å². The van der Waals surface area contributed by atoms with Gasteiger partial charge < -0.3 is 30.0 Å². The Morgan fingerprint density at radius 3 is 2.79 bits per heavy atom. The molecule has 0 amide bonds. The van der Waals surface area contributed by atoms with Crippen LogP contribution in [0.3, 0.4) is 0 Å². The number of β-amino-alcohol motifs (C(OH)–C–C–N with tert-alkyl or cyclic N) is 1. The van der Waals surface area contributed by atoms with E-state index in [2.05, 4.69) is 30.5 Å². The van der Waals surface area contributed by atoms with Crippen molar-refractivity contribution in [2.24, 2.45) is 0 Å². The molecule has 1 unspecified atom stereocenters. The number of aliphatic hydroxyl groups excluding tert-OH is 1. The summed E-state index contributed by atoms with van der Waals surface area (Å²) in [5, 5.41) is 17.6. The molecule has 2 aliphatic heterocycles. The van der Waals surface area contributed by atoms with Crippen LogP contribution >= 0.6 is 0 Å². The van der Waals surface area contributed by atoms with E-state index >= 15 is 0 Å². The molecule has 0 radical (unpaired) electrons. The summed E-state index contributed by atoms with van der Waals surface area (Å²) in [5.74, 6) is 1.79. The van der Waals surface area contributed by atoms with Gasteiger partial charge in [-0.1, -0.05) is 11.1 Å². The average molecular weight is 471 g/mol. The molecule has 34 heavy (non-hydrogen) atoms. The Morgan fingerprint density at radius 1 is 1.21 bits per heavy atom. The van der Waals surface area contributed by atoms with Gasteiger partial charge in [0.05, 0.1) is 32.1 Å². The van der Waals surface area contributed by atoms with Crippen LogP contribution in [0.1, 0.15) is 24.5 Å². The Bertz CT molecular complexity index is 1100. The zero-order valence-corrected chi connectivity index (χ0v) is 19.3.